The molecule has 2 N–H and O–H groups in total. The molecule has 2 aromatic carbocycles. The number of rotatable bonds is 4. The number of H-pyrrole nitrogens is 2. The number of pyridine rings is 1. The highest BCUT2D eigenvalue weighted by molar-refractivity contribution is 5.98. The van der Waals surface area contributed by atoms with Crippen molar-refractivity contribution in [3.8, 4) is 33.8 Å². The molecule has 4 aromatic heterocycles. The van der Waals surface area contributed by atoms with Crippen molar-refractivity contribution in [2.24, 2.45) is 4.99 Å². The van der Waals surface area contributed by atoms with E-state index in [0.717, 1.165) is 55.6 Å². The molecule has 0 fully saturated rings. The number of benzene rings is 2. The zero-order valence-corrected chi connectivity index (χ0v) is 16.3. The van der Waals surface area contributed by atoms with Crippen LogP contribution in [0.5, 0.6) is 0 Å². The highest BCUT2D eigenvalue weighted by atomic mass is 16.3. The number of hydrogen-bond donors (Lipinski definition) is 2. The molecule has 6 rings (SSSR count). The molecule has 31 heavy (non-hydrogen) atoms. The summed E-state index contributed by atoms with van der Waals surface area (Å²) in [5.41, 5.74) is 8.21. The fourth-order valence-corrected chi connectivity index (χ4v) is 3.84. The minimum Gasteiger partial charge on any atom is -0.472 e. The molecule has 0 unspecified atom stereocenters. The predicted molar refractivity (Wildman–Crippen MR) is 121 cm³/mol. The van der Waals surface area contributed by atoms with Crippen molar-refractivity contribution in [3.63, 3.8) is 0 Å². The largest absolute Gasteiger partial charge is 0.472 e. The Morgan fingerprint density at radius 2 is 1.90 bits per heavy atom. The lowest BCUT2D eigenvalue weighted by atomic mass is 10.0. The van der Waals surface area contributed by atoms with Gasteiger partial charge in [0.15, 0.2) is 5.82 Å². The summed E-state index contributed by atoms with van der Waals surface area (Å²) in [6.07, 6.45) is 6.88. The molecule has 6 aromatic rings. The van der Waals surface area contributed by atoms with Gasteiger partial charge in [-0.3, -0.25) is 15.1 Å². The average molecular weight is 404 g/mol. The van der Waals surface area contributed by atoms with E-state index in [2.05, 4.69) is 37.9 Å². The van der Waals surface area contributed by atoms with E-state index in [0.29, 0.717) is 5.82 Å². The van der Waals surface area contributed by atoms with Crippen LogP contribution in [-0.4, -0.2) is 31.9 Å². The molecule has 148 valence electrons. The molecular formula is C24H16N6O. The minimum atomic E-state index is 0.703. The van der Waals surface area contributed by atoms with Crippen LogP contribution >= 0.6 is 0 Å². The number of hydrogen-bond acceptors (Lipinski definition) is 5. The Morgan fingerprint density at radius 1 is 0.935 bits per heavy atom. The molecule has 0 aliphatic heterocycles. The van der Waals surface area contributed by atoms with Gasteiger partial charge >= 0.3 is 0 Å². The van der Waals surface area contributed by atoms with Crippen LogP contribution in [0.1, 0.15) is 0 Å². The normalized spacial score (nSPS) is 11.4. The summed E-state index contributed by atoms with van der Waals surface area (Å²) < 4.78 is 5.26. The molecule has 0 saturated carbocycles. The summed E-state index contributed by atoms with van der Waals surface area (Å²) in [4.78, 5) is 16.5. The van der Waals surface area contributed by atoms with Crippen LogP contribution in [0.4, 0.5) is 5.69 Å². The third-order valence-electron chi connectivity index (χ3n) is 5.37. The quantitative estimate of drug-likeness (QED) is 0.365. The number of furan rings is 1. The SMILES string of the molecule is C=Nc1cncc(-c2ccc3[nH]nc(-c4nc5c(-c6ccoc6)cccc5[nH]4)c3c2)c1. The lowest BCUT2D eigenvalue weighted by Crippen LogP contribution is -1.83. The molecule has 7 nitrogen and oxygen atoms in total. The maximum absolute atomic E-state index is 5.26. The van der Waals surface area contributed by atoms with E-state index in [-0.39, 0.29) is 0 Å². The van der Waals surface area contributed by atoms with Gasteiger partial charge in [0.2, 0.25) is 0 Å². The van der Waals surface area contributed by atoms with Crippen LogP contribution in [0.2, 0.25) is 0 Å². The van der Waals surface area contributed by atoms with E-state index < -0.39 is 0 Å². The molecular weight excluding hydrogens is 388 g/mol. The summed E-state index contributed by atoms with van der Waals surface area (Å²) in [5.74, 6) is 0.703. The number of aliphatic imine (C=N–C) groups is 1. The first kappa shape index (κ1) is 17.3. The van der Waals surface area contributed by atoms with Gasteiger partial charge in [-0.2, -0.15) is 5.10 Å². The second kappa shape index (κ2) is 6.77. The van der Waals surface area contributed by atoms with Gasteiger partial charge in [0.1, 0.15) is 5.69 Å². The van der Waals surface area contributed by atoms with Crippen molar-refractivity contribution in [2.75, 3.05) is 0 Å². The number of nitrogens with zero attached hydrogens (tertiary/aromatic N) is 4. The van der Waals surface area contributed by atoms with Crippen molar-refractivity contribution in [3.05, 3.63) is 73.5 Å². The van der Waals surface area contributed by atoms with E-state index in [4.69, 9.17) is 9.40 Å². The number of para-hydroxylation sites is 1. The van der Waals surface area contributed by atoms with Gasteiger partial charge in [-0.1, -0.05) is 18.2 Å². The predicted octanol–water partition coefficient (Wildman–Crippen LogP) is 5.76. The number of nitrogens with one attached hydrogen (secondary N) is 2. The Hall–Kier alpha value is -4.52. The molecule has 0 saturated heterocycles. The molecule has 0 amide bonds. The summed E-state index contributed by atoms with van der Waals surface area (Å²) in [6.45, 7) is 3.58. The molecule has 7 heteroatoms. The Balaban J connectivity index is 1.51. The highest BCUT2D eigenvalue weighted by Crippen LogP contribution is 2.33. The van der Waals surface area contributed by atoms with Crippen molar-refractivity contribution in [1.82, 2.24) is 25.1 Å². The van der Waals surface area contributed by atoms with E-state index in [1.54, 1.807) is 18.7 Å². The van der Waals surface area contributed by atoms with Gasteiger partial charge in [0.05, 0.1) is 41.0 Å². The van der Waals surface area contributed by atoms with E-state index in [9.17, 15) is 0 Å². The topological polar surface area (TPSA) is 95.8 Å². The van der Waals surface area contributed by atoms with Crippen LogP contribution in [0, 0.1) is 0 Å². The molecule has 0 radical (unpaired) electrons. The summed E-state index contributed by atoms with van der Waals surface area (Å²) in [5, 5.41) is 8.62. The number of fused-ring (bicyclic) bond motifs is 2. The van der Waals surface area contributed by atoms with Gasteiger partial charge in [0, 0.05) is 28.3 Å². The molecule has 0 aliphatic rings. The first-order chi connectivity index (χ1) is 15.3. The summed E-state index contributed by atoms with van der Waals surface area (Å²) in [6, 6.07) is 16.1. The number of imidazole rings is 1. The molecule has 0 aliphatic carbocycles. The standard InChI is InChI=1S/C24H16N6O/c1-25-17-9-16(11-26-12-17)14-5-6-20-19(10-14)23(30-29-20)24-27-21-4-2-3-18(22(21)28-24)15-7-8-31-13-15/h2-13H,1H2,(H,27,28)(H,29,30). The van der Waals surface area contributed by atoms with Crippen molar-refractivity contribution in [2.45, 2.75) is 0 Å². The van der Waals surface area contributed by atoms with Crippen LogP contribution < -0.4 is 0 Å². The maximum atomic E-state index is 5.26. The first-order valence-corrected chi connectivity index (χ1v) is 9.72. The van der Waals surface area contributed by atoms with Gasteiger partial charge in [-0.15, -0.1) is 0 Å². The average Bonchev–Trinajstić information content (AvgIpc) is 3.57. The van der Waals surface area contributed by atoms with Crippen LogP contribution in [0.25, 0.3) is 55.7 Å². The zero-order valence-electron chi connectivity index (χ0n) is 16.3. The third kappa shape index (κ3) is 2.83. The fraction of sp³-hybridized carbons (Fsp3) is 0. The first-order valence-electron chi connectivity index (χ1n) is 9.72. The number of aromatic amines is 2. The van der Waals surface area contributed by atoms with Crippen LogP contribution in [0.3, 0.4) is 0 Å². The Bertz CT molecular complexity index is 1560. The molecule has 0 spiro atoms. The maximum Gasteiger partial charge on any atom is 0.159 e. The van der Waals surface area contributed by atoms with Crippen LogP contribution in [-0.2, 0) is 0 Å². The fourth-order valence-electron chi connectivity index (χ4n) is 3.84. The monoisotopic (exact) mass is 404 g/mol. The van der Waals surface area contributed by atoms with E-state index in [1.807, 2.05) is 48.7 Å². The van der Waals surface area contributed by atoms with Gasteiger partial charge in [-0.05, 0) is 42.6 Å². The van der Waals surface area contributed by atoms with Crippen molar-refractivity contribution in [1.29, 1.82) is 0 Å². The summed E-state index contributed by atoms with van der Waals surface area (Å²) in [7, 11) is 0. The Labute approximate surface area is 176 Å². The van der Waals surface area contributed by atoms with Crippen LogP contribution in [0.15, 0.2) is 82.9 Å². The zero-order chi connectivity index (χ0) is 20.8. The highest BCUT2D eigenvalue weighted by Gasteiger charge is 2.16. The smallest absolute Gasteiger partial charge is 0.159 e. The molecule has 4 heterocycles. The Morgan fingerprint density at radius 3 is 2.77 bits per heavy atom. The van der Waals surface area contributed by atoms with Crippen molar-refractivity contribution < 1.29 is 4.42 Å². The van der Waals surface area contributed by atoms with Crippen molar-refractivity contribution >= 4 is 34.3 Å². The molecule has 0 bridgehead atoms. The van der Waals surface area contributed by atoms with Gasteiger partial charge in [0.25, 0.3) is 0 Å². The Kier molecular flexibility index (Phi) is 3.79. The van der Waals surface area contributed by atoms with Gasteiger partial charge < -0.3 is 9.40 Å². The number of aromatic nitrogens is 5. The lowest BCUT2D eigenvalue weighted by Gasteiger charge is -2.03. The second-order valence-electron chi connectivity index (χ2n) is 7.22. The van der Waals surface area contributed by atoms with E-state index in [1.165, 1.54) is 0 Å². The third-order valence-corrected chi connectivity index (χ3v) is 5.37. The molecule has 0 atom stereocenters. The van der Waals surface area contributed by atoms with Gasteiger partial charge in [-0.25, -0.2) is 4.98 Å². The second-order valence-corrected chi connectivity index (χ2v) is 7.22. The minimum absolute atomic E-state index is 0.703. The lowest BCUT2D eigenvalue weighted by molar-refractivity contribution is 0.568. The van der Waals surface area contributed by atoms with E-state index >= 15 is 0 Å². The summed E-state index contributed by atoms with van der Waals surface area (Å²) >= 11 is 0.